The fourth-order valence-corrected chi connectivity index (χ4v) is 10.7. The van der Waals surface area contributed by atoms with Gasteiger partial charge in [0.1, 0.15) is 11.2 Å². The minimum absolute atomic E-state index is 0.880. The molecule has 14 aromatic rings. The van der Waals surface area contributed by atoms with Gasteiger partial charge in [-0.2, -0.15) is 0 Å². The summed E-state index contributed by atoms with van der Waals surface area (Å²) < 4.78 is 11.3. The molecule has 3 aromatic heterocycles. The molecule has 65 heavy (non-hydrogen) atoms. The molecule has 3 nitrogen and oxygen atoms in total. The van der Waals surface area contributed by atoms with Crippen molar-refractivity contribution in [2.45, 2.75) is 0 Å². The summed E-state index contributed by atoms with van der Waals surface area (Å²) in [5.74, 6) is 0. The molecule has 302 valence electrons. The predicted octanol–water partition coefficient (Wildman–Crippen LogP) is 17.1. The molecular weight excluding hydrogens is 789 g/mol. The van der Waals surface area contributed by atoms with Crippen LogP contribution < -0.4 is 0 Å². The Morgan fingerprint density at radius 1 is 0.246 bits per heavy atom. The van der Waals surface area contributed by atoms with Crippen LogP contribution in [0.3, 0.4) is 0 Å². The van der Waals surface area contributed by atoms with Crippen molar-refractivity contribution in [3.63, 3.8) is 0 Å². The van der Waals surface area contributed by atoms with Gasteiger partial charge in [-0.05, 0) is 128 Å². The molecule has 3 heterocycles. The Hall–Kier alpha value is -8.66. The number of aromatic nitrogens is 2. The number of para-hydroxylation sites is 2. The minimum atomic E-state index is 0.880. The average Bonchev–Trinajstić information content (AvgIpc) is 4.02. The maximum absolute atomic E-state index is 6.48. The van der Waals surface area contributed by atoms with E-state index in [2.05, 4.69) is 234 Å². The molecule has 0 aliphatic rings. The largest absolute Gasteiger partial charge is 0.456 e. The second-order valence-electron chi connectivity index (χ2n) is 17.3. The quantitative estimate of drug-likeness (QED) is 0.169. The zero-order chi connectivity index (χ0) is 42.6. The molecule has 0 N–H and O–H groups in total. The molecule has 3 heteroatoms. The van der Waals surface area contributed by atoms with E-state index in [0.717, 1.165) is 49.9 Å². The molecule has 0 saturated carbocycles. The second kappa shape index (κ2) is 13.9. The van der Waals surface area contributed by atoms with Crippen LogP contribution in [0.5, 0.6) is 0 Å². The third kappa shape index (κ3) is 5.49. The second-order valence-corrected chi connectivity index (χ2v) is 17.3. The van der Waals surface area contributed by atoms with E-state index in [0.29, 0.717) is 0 Å². The van der Waals surface area contributed by atoms with Gasteiger partial charge in [0.05, 0.1) is 22.1 Å². The molecule has 0 saturated heterocycles. The average molecular weight is 827 g/mol. The first-order valence-electron chi connectivity index (χ1n) is 22.3. The molecule has 0 bridgehead atoms. The van der Waals surface area contributed by atoms with Gasteiger partial charge in [0.15, 0.2) is 0 Å². The Labute approximate surface area is 374 Å². The normalized spacial score (nSPS) is 12.0. The predicted molar refractivity (Wildman–Crippen MR) is 274 cm³/mol. The van der Waals surface area contributed by atoms with Crippen molar-refractivity contribution < 1.29 is 4.42 Å². The Kier molecular flexibility index (Phi) is 7.69. The van der Waals surface area contributed by atoms with Gasteiger partial charge in [0.25, 0.3) is 0 Å². The minimum Gasteiger partial charge on any atom is -0.456 e. The highest BCUT2D eigenvalue weighted by Gasteiger charge is 2.19. The lowest BCUT2D eigenvalue weighted by Gasteiger charge is -2.11. The van der Waals surface area contributed by atoms with Crippen LogP contribution in [0.25, 0.3) is 132 Å². The summed E-state index contributed by atoms with van der Waals surface area (Å²) in [7, 11) is 0. The zero-order valence-corrected chi connectivity index (χ0v) is 35.2. The number of fused-ring (bicyclic) bond motifs is 11. The zero-order valence-electron chi connectivity index (χ0n) is 35.2. The summed E-state index contributed by atoms with van der Waals surface area (Å²) in [6, 6.07) is 84.2. The van der Waals surface area contributed by atoms with Gasteiger partial charge in [-0.25, -0.2) is 0 Å². The van der Waals surface area contributed by atoms with Crippen molar-refractivity contribution in [2.75, 3.05) is 0 Å². The summed E-state index contributed by atoms with van der Waals surface area (Å²) in [4.78, 5) is 0. The van der Waals surface area contributed by atoms with Crippen molar-refractivity contribution >= 4 is 87.1 Å². The van der Waals surface area contributed by atoms with Crippen LogP contribution in [0.2, 0.25) is 0 Å². The molecule has 14 rings (SSSR count). The number of nitrogens with zero attached hydrogens (tertiary/aromatic N) is 2. The lowest BCUT2D eigenvalue weighted by molar-refractivity contribution is 0.668. The van der Waals surface area contributed by atoms with Crippen LogP contribution in [0.1, 0.15) is 0 Å². The maximum Gasteiger partial charge on any atom is 0.137 e. The highest BCUT2D eigenvalue weighted by molar-refractivity contribution is 6.15. The Morgan fingerprint density at radius 2 is 0.723 bits per heavy atom. The van der Waals surface area contributed by atoms with Crippen LogP contribution in [-0.4, -0.2) is 9.13 Å². The summed E-state index contributed by atoms with van der Waals surface area (Å²) >= 11 is 0. The maximum atomic E-state index is 6.48. The van der Waals surface area contributed by atoms with Crippen LogP contribution in [0.4, 0.5) is 0 Å². The lowest BCUT2D eigenvalue weighted by atomic mass is 9.96. The van der Waals surface area contributed by atoms with E-state index in [1.54, 1.807) is 0 Å². The summed E-state index contributed by atoms with van der Waals surface area (Å²) in [6.07, 6.45) is 0. The van der Waals surface area contributed by atoms with Gasteiger partial charge in [-0.1, -0.05) is 152 Å². The highest BCUT2D eigenvalue weighted by atomic mass is 16.3. The van der Waals surface area contributed by atoms with Gasteiger partial charge in [0, 0.05) is 49.8 Å². The molecule has 0 aliphatic heterocycles. The molecule has 0 unspecified atom stereocenters. The highest BCUT2D eigenvalue weighted by Crippen LogP contribution is 2.42. The van der Waals surface area contributed by atoms with Crippen LogP contribution in [-0.2, 0) is 0 Å². The van der Waals surface area contributed by atoms with Crippen molar-refractivity contribution in [1.29, 1.82) is 0 Å². The number of rotatable bonds is 5. The summed E-state index contributed by atoms with van der Waals surface area (Å²) in [6.45, 7) is 0. The smallest absolute Gasteiger partial charge is 0.137 e. The van der Waals surface area contributed by atoms with E-state index in [1.807, 2.05) is 6.07 Å². The van der Waals surface area contributed by atoms with Crippen LogP contribution >= 0.6 is 0 Å². The van der Waals surface area contributed by atoms with E-state index < -0.39 is 0 Å². The molecule has 0 atom stereocenters. The lowest BCUT2D eigenvalue weighted by Crippen LogP contribution is -1.94. The van der Waals surface area contributed by atoms with E-state index in [1.165, 1.54) is 81.9 Å². The number of hydrogen-bond acceptors (Lipinski definition) is 1. The number of furan rings is 1. The van der Waals surface area contributed by atoms with Crippen LogP contribution in [0.15, 0.2) is 235 Å². The van der Waals surface area contributed by atoms with Crippen molar-refractivity contribution in [3.8, 4) is 44.8 Å². The topological polar surface area (TPSA) is 23.0 Å². The third-order valence-electron chi connectivity index (χ3n) is 13.7. The first-order valence-corrected chi connectivity index (χ1v) is 22.3. The Balaban J connectivity index is 0.995. The third-order valence-corrected chi connectivity index (χ3v) is 13.7. The number of benzene rings is 11. The number of hydrogen-bond donors (Lipinski definition) is 0. The summed E-state index contributed by atoms with van der Waals surface area (Å²) in [5, 5.41) is 12.1. The molecule has 0 fully saturated rings. The first kappa shape index (κ1) is 35.9. The van der Waals surface area contributed by atoms with E-state index in [-0.39, 0.29) is 0 Å². The van der Waals surface area contributed by atoms with Gasteiger partial charge >= 0.3 is 0 Å². The summed E-state index contributed by atoms with van der Waals surface area (Å²) in [5.41, 5.74) is 15.9. The van der Waals surface area contributed by atoms with Crippen LogP contribution in [0, 0.1) is 0 Å². The fourth-order valence-electron chi connectivity index (χ4n) is 10.7. The molecular formula is C62H38N2O. The molecule has 0 amide bonds. The molecule has 0 spiro atoms. The standard InChI is InChI=1S/C62H38N2O/c1-2-16-45(17-3-1)63-58-31-25-41(34-55(58)56-36-44(27-33-59(56)63)50-22-11-15-40-13-5-7-19-48(40)50)42-24-29-51-54-35-43(49-21-10-14-39-12-4-6-18-47(39)49)26-32-57(54)64(60(51)37-42)46-28-30-53-52-20-8-9-23-61(52)65-62(53)38-46/h1-38H. The van der Waals surface area contributed by atoms with E-state index >= 15 is 0 Å². The van der Waals surface area contributed by atoms with Gasteiger partial charge in [-0.3, -0.25) is 0 Å². The Bertz CT molecular complexity index is 4230. The van der Waals surface area contributed by atoms with Gasteiger partial charge < -0.3 is 13.6 Å². The van der Waals surface area contributed by atoms with E-state index in [9.17, 15) is 0 Å². The Morgan fingerprint density at radius 3 is 1.40 bits per heavy atom. The van der Waals surface area contributed by atoms with Gasteiger partial charge in [0.2, 0.25) is 0 Å². The molecule has 0 radical (unpaired) electrons. The van der Waals surface area contributed by atoms with Gasteiger partial charge in [-0.15, -0.1) is 0 Å². The molecule has 0 aliphatic carbocycles. The first-order chi connectivity index (χ1) is 32.2. The molecule has 11 aromatic carbocycles. The van der Waals surface area contributed by atoms with E-state index in [4.69, 9.17) is 4.42 Å². The van der Waals surface area contributed by atoms with Crippen molar-refractivity contribution in [3.05, 3.63) is 231 Å². The monoisotopic (exact) mass is 826 g/mol. The fraction of sp³-hybridized carbons (Fsp3) is 0. The van der Waals surface area contributed by atoms with Crippen molar-refractivity contribution in [2.24, 2.45) is 0 Å². The van der Waals surface area contributed by atoms with Crippen molar-refractivity contribution in [1.82, 2.24) is 9.13 Å². The SMILES string of the molecule is c1ccc(-n2c3ccc(-c4ccc5c6cc(-c7cccc8ccccc78)ccc6n(-c6ccc7c(c6)oc6ccccc67)c5c4)cc3c3cc(-c4cccc5ccccc45)ccc32)cc1.